The third-order valence-electron chi connectivity index (χ3n) is 5.36. The Labute approximate surface area is 212 Å². The summed E-state index contributed by atoms with van der Waals surface area (Å²) in [5.74, 6) is 1.47. The van der Waals surface area contributed by atoms with Crippen LogP contribution in [0.1, 0.15) is 48.5 Å². The molecule has 0 spiro atoms. The van der Waals surface area contributed by atoms with Gasteiger partial charge in [0.15, 0.2) is 0 Å². The van der Waals surface area contributed by atoms with Gasteiger partial charge in [-0.05, 0) is 51.3 Å². The van der Waals surface area contributed by atoms with Crippen LogP contribution in [0.3, 0.4) is 0 Å². The van der Waals surface area contributed by atoms with Crippen LogP contribution in [0, 0.1) is 3.57 Å². The second kappa shape index (κ2) is 11.0. The summed E-state index contributed by atoms with van der Waals surface area (Å²) in [5, 5.41) is 23.4. The van der Waals surface area contributed by atoms with Crippen molar-refractivity contribution in [3.63, 3.8) is 0 Å². The fourth-order valence-electron chi connectivity index (χ4n) is 3.55. The zero-order valence-corrected chi connectivity index (χ0v) is 21.1. The van der Waals surface area contributed by atoms with Crippen molar-refractivity contribution in [1.82, 2.24) is 5.16 Å². The zero-order chi connectivity index (χ0) is 24.1. The lowest BCUT2D eigenvalue weighted by Gasteiger charge is -2.19. The number of aliphatic hydroxyl groups is 2. The van der Waals surface area contributed by atoms with E-state index in [2.05, 4.69) is 19.0 Å². The van der Waals surface area contributed by atoms with Crippen LogP contribution >= 0.6 is 22.6 Å². The number of hydrogen-bond donors (Lipinski definition) is 2. The molecule has 0 bridgehead atoms. The fourth-order valence-corrected chi connectivity index (χ4v) is 4.31. The first-order valence-corrected chi connectivity index (χ1v) is 12.0. The minimum absolute atomic E-state index is 0.000102. The molecule has 0 saturated carbocycles. The minimum Gasteiger partial charge on any atom is -0.488 e. The molecule has 0 atom stereocenters. The number of aromatic nitrogens is 1. The van der Waals surface area contributed by atoms with Gasteiger partial charge in [-0.3, -0.25) is 0 Å². The third-order valence-corrected chi connectivity index (χ3v) is 6.40. The van der Waals surface area contributed by atoms with Crippen LogP contribution in [-0.4, -0.2) is 15.4 Å². The first kappa shape index (κ1) is 24.3. The van der Waals surface area contributed by atoms with Crippen molar-refractivity contribution in [3.8, 4) is 22.8 Å². The zero-order valence-electron chi connectivity index (χ0n) is 18.9. The Balaban J connectivity index is 1.75. The van der Waals surface area contributed by atoms with Crippen LogP contribution in [-0.2, 0) is 13.2 Å². The maximum atomic E-state index is 9.62. The predicted molar refractivity (Wildman–Crippen MR) is 137 cm³/mol. The molecule has 0 fully saturated rings. The molecule has 0 unspecified atom stereocenters. The van der Waals surface area contributed by atoms with Crippen LogP contribution < -0.4 is 9.47 Å². The molecule has 0 saturated heterocycles. The van der Waals surface area contributed by atoms with Gasteiger partial charge in [-0.1, -0.05) is 79.7 Å². The van der Waals surface area contributed by atoms with Gasteiger partial charge in [0.2, 0.25) is 12.1 Å². The molecular formula is C27H26INO5. The maximum Gasteiger partial charge on any atom is 0.216 e. The van der Waals surface area contributed by atoms with Gasteiger partial charge in [0.1, 0.15) is 30.4 Å². The van der Waals surface area contributed by atoms with Gasteiger partial charge < -0.3 is 24.2 Å². The number of rotatable bonds is 9. The summed E-state index contributed by atoms with van der Waals surface area (Å²) in [4.78, 5) is 0. The van der Waals surface area contributed by atoms with Crippen LogP contribution in [0.15, 0.2) is 77.3 Å². The molecule has 0 amide bonds. The van der Waals surface area contributed by atoms with Crippen molar-refractivity contribution in [3.05, 3.63) is 98.8 Å². The highest BCUT2D eigenvalue weighted by Gasteiger charge is 2.25. The summed E-state index contributed by atoms with van der Waals surface area (Å²) >= 11 is 2.01. The standard InChI is InChI=1S/C27H26INO5/c1-17(2)20-13-21(25-24(28)26(27(30)31)34-29-25)23(33-16-19-11-7-4-8-12-19)14-22(20)32-15-18-9-5-3-6-10-18/h3-14,17,27,30-31H,15-16H2,1-2H3. The van der Waals surface area contributed by atoms with E-state index in [0.29, 0.717) is 33.8 Å². The molecular weight excluding hydrogens is 545 g/mol. The van der Waals surface area contributed by atoms with Crippen molar-refractivity contribution in [2.24, 2.45) is 0 Å². The number of aliphatic hydroxyl groups excluding tert-OH is 1. The van der Waals surface area contributed by atoms with Gasteiger partial charge in [0.25, 0.3) is 0 Å². The molecule has 1 heterocycles. The van der Waals surface area contributed by atoms with E-state index in [1.54, 1.807) is 0 Å². The first-order valence-electron chi connectivity index (χ1n) is 11.0. The van der Waals surface area contributed by atoms with E-state index < -0.39 is 6.29 Å². The van der Waals surface area contributed by atoms with E-state index in [4.69, 9.17) is 14.0 Å². The Bertz CT molecular complexity index is 1220. The van der Waals surface area contributed by atoms with E-state index in [9.17, 15) is 10.2 Å². The molecule has 3 aromatic carbocycles. The van der Waals surface area contributed by atoms with Crippen molar-refractivity contribution in [1.29, 1.82) is 0 Å². The van der Waals surface area contributed by atoms with E-state index in [1.807, 2.05) is 95.4 Å². The number of nitrogens with zero attached hydrogens (tertiary/aromatic N) is 1. The highest BCUT2D eigenvalue weighted by atomic mass is 127. The van der Waals surface area contributed by atoms with Gasteiger partial charge in [-0.25, -0.2) is 0 Å². The monoisotopic (exact) mass is 571 g/mol. The highest BCUT2D eigenvalue weighted by Crippen LogP contribution is 2.42. The second-order valence-corrected chi connectivity index (χ2v) is 9.25. The van der Waals surface area contributed by atoms with E-state index in [-0.39, 0.29) is 11.7 Å². The average molecular weight is 571 g/mol. The number of halogens is 1. The van der Waals surface area contributed by atoms with E-state index in [1.165, 1.54) is 0 Å². The summed E-state index contributed by atoms with van der Waals surface area (Å²) < 4.78 is 18.2. The highest BCUT2D eigenvalue weighted by molar-refractivity contribution is 14.1. The van der Waals surface area contributed by atoms with E-state index >= 15 is 0 Å². The predicted octanol–water partition coefficient (Wildman–Crippen LogP) is 6.21. The largest absolute Gasteiger partial charge is 0.488 e. The summed E-state index contributed by atoms with van der Waals surface area (Å²) in [6.45, 7) is 4.97. The van der Waals surface area contributed by atoms with Gasteiger partial charge >= 0.3 is 0 Å². The topological polar surface area (TPSA) is 85.0 Å². The smallest absolute Gasteiger partial charge is 0.216 e. The Morgan fingerprint density at radius 1 is 0.853 bits per heavy atom. The van der Waals surface area contributed by atoms with Crippen molar-refractivity contribution >= 4 is 22.6 Å². The molecule has 0 aliphatic carbocycles. The van der Waals surface area contributed by atoms with E-state index in [0.717, 1.165) is 22.4 Å². The Morgan fingerprint density at radius 3 is 1.91 bits per heavy atom. The van der Waals surface area contributed by atoms with Gasteiger partial charge in [-0.2, -0.15) is 0 Å². The van der Waals surface area contributed by atoms with Crippen molar-refractivity contribution < 1.29 is 24.2 Å². The Kier molecular flexibility index (Phi) is 7.87. The Hall–Kier alpha value is -2.88. The number of hydrogen-bond acceptors (Lipinski definition) is 6. The molecule has 6 nitrogen and oxygen atoms in total. The molecule has 4 aromatic rings. The molecule has 176 valence electrons. The summed E-state index contributed by atoms with van der Waals surface area (Å²) in [5.41, 5.74) is 4.27. The third kappa shape index (κ3) is 5.60. The molecule has 34 heavy (non-hydrogen) atoms. The molecule has 7 heteroatoms. The summed E-state index contributed by atoms with van der Waals surface area (Å²) in [6.07, 6.45) is -1.75. The molecule has 1 aromatic heterocycles. The normalized spacial score (nSPS) is 11.3. The van der Waals surface area contributed by atoms with Gasteiger partial charge in [0, 0.05) is 11.6 Å². The minimum atomic E-state index is -1.75. The summed E-state index contributed by atoms with van der Waals surface area (Å²) in [7, 11) is 0. The lowest BCUT2D eigenvalue weighted by atomic mass is 9.97. The second-order valence-electron chi connectivity index (χ2n) is 8.17. The first-order chi connectivity index (χ1) is 16.4. The maximum absolute atomic E-state index is 9.62. The Morgan fingerprint density at radius 2 is 1.41 bits per heavy atom. The SMILES string of the molecule is CC(C)c1cc(-c2noc(C(O)O)c2I)c(OCc2ccccc2)cc1OCc1ccccc1. The molecule has 0 aliphatic heterocycles. The molecule has 0 radical (unpaired) electrons. The van der Waals surface area contributed by atoms with Gasteiger partial charge in [-0.15, -0.1) is 0 Å². The molecule has 4 rings (SSSR count). The van der Waals surface area contributed by atoms with Gasteiger partial charge in [0.05, 0.1) is 3.57 Å². The summed E-state index contributed by atoms with van der Waals surface area (Å²) in [6, 6.07) is 23.7. The fraction of sp³-hybridized carbons (Fsp3) is 0.222. The molecule has 2 N–H and O–H groups in total. The average Bonchev–Trinajstić information content (AvgIpc) is 3.23. The van der Waals surface area contributed by atoms with Crippen molar-refractivity contribution in [2.45, 2.75) is 39.3 Å². The van der Waals surface area contributed by atoms with Crippen LogP contribution in [0.2, 0.25) is 0 Å². The van der Waals surface area contributed by atoms with Crippen LogP contribution in [0.25, 0.3) is 11.3 Å². The number of benzene rings is 3. The quantitative estimate of drug-likeness (QED) is 0.184. The lowest BCUT2D eigenvalue weighted by Crippen LogP contribution is -2.04. The number of ether oxygens (including phenoxy) is 2. The van der Waals surface area contributed by atoms with Crippen molar-refractivity contribution in [2.75, 3.05) is 0 Å². The van der Waals surface area contributed by atoms with Crippen LogP contribution in [0.4, 0.5) is 0 Å². The molecule has 0 aliphatic rings. The van der Waals surface area contributed by atoms with Crippen LogP contribution in [0.5, 0.6) is 11.5 Å². The lowest BCUT2D eigenvalue weighted by molar-refractivity contribution is -0.0619.